The molecular weight excluding hydrogens is 1120 g/mol. The first-order valence-electron chi connectivity index (χ1n) is 26.1. The normalized spacial score (nSPS) is 42.1. The minimum atomic E-state index is -2.21. The van der Waals surface area contributed by atoms with Crippen LogP contribution in [0.5, 0.6) is 0 Å². The zero-order valence-electron chi connectivity index (χ0n) is 43.6. The van der Waals surface area contributed by atoms with Crippen LogP contribution in [0.15, 0.2) is 0 Å². The summed E-state index contributed by atoms with van der Waals surface area (Å²) in [4.78, 5) is 59.2. The monoisotopic (exact) mass is 1200 g/mol. The van der Waals surface area contributed by atoms with Crippen LogP contribution in [-0.2, 0) is 76.1 Å². The molecule has 18 N–H and O–H groups in total. The van der Waals surface area contributed by atoms with Crippen LogP contribution >= 0.6 is 11.8 Å². The second kappa shape index (κ2) is 31.3. The zero-order chi connectivity index (χ0) is 59.4. The van der Waals surface area contributed by atoms with Gasteiger partial charge in [-0.1, -0.05) is 0 Å². The number of carboxylic acid groups (broad SMARTS) is 1. The third-order valence-electron chi connectivity index (χ3n) is 14.1. The number of imide groups is 1. The number of aliphatic hydroxyl groups excluding tert-OH is 14. The van der Waals surface area contributed by atoms with Gasteiger partial charge >= 0.3 is 5.97 Å². The molecule has 0 bridgehead atoms. The van der Waals surface area contributed by atoms with Gasteiger partial charge in [-0.25, -0.2) is 4.79 Å². The maximum Gasteiger partial charge on any atom is 0.329 e. The van der Waals surface area contributed by atoms with E-state index in [1.165, 1.54) is 11.8 Å². The Kier molecular flexibility index (Phi) is 25.9. The number of carboxylic acids is 1. The van der Waals surface area contributed by atoms with E-state index in [0.717, 1.165) is 6.92 Å². The van der Waals surface area contributed by atoms with E-state index in [0.29, 0.717) is 31.6 Å². The third-order valence-corrected chi connectivity index (χ3v) is 15.3. The Hall–Kier alpha value is -3.10. The van der Waals surface area contributed by atoms with Crippen molar-refractivity contribution in [3.05, 3.63) is 0 Å². The second-order valence-corrected chi connectivity index (χ2v) is 21.2. The van der Waals surface area contributed by atoms with E-state index in [2.05, 4.69) is 16.0 Å². The average molecular weight is 1200 g/mol. The van der Waals surface area contributed by atoms with E-state index in [4.69, 9.17) is 57.2 Å². The molecule has 6 rings (SSSR count). The van der Waals surface area contributed by atoms with Crippen LogP contribution in [0.1, 0.15) is 39.0 Å². The maximum absolute atomic E-state index is 12.7. The van der Waals surface area contributed by atoms with E-state index < -0.39 is 210 Å². The lowest BCUT2D eigenvalue weighted by Crippen LogP contribution is -2.70. The summed E-state index contributed by atoms with van der Waals surface area (Å²) in [5.74, 6) is -3.00. The summed E-state index contributed by atoms with van der Waals surface area (Å²) in [5, 5.41) is 168. The van der Waals surface area contributed by atoms with E-state index in [-0.39, 0.29) is 37.2 Å². The molecule has 6 aliphatic heterocycles. The van der Waals surface area contributed by atoms with Gasteiger partial charge in [-0.3, -0.25) is 24.5 Å². The Morgan fingerprint density at radius 2 is 1.02 bits per heavy atom. The van der Waals surface area contributed by atoms with E-state index in [1.54, 1.807) is 0 Å². The Balaban J connectivity index is 1.07. The molecule has 0 aromatic rings. The smallest absolute Gasteiger partial charge is 0.329 e. The Morgan fingerprint density at radius 3 is 1.57 bits per heavy atom. The number of nitrogens with one attached hydrogen (secondary N) is 3. The summed E-state index contributed by atoms with van der Waals surface area (Å²) < 4.78 is 62.6. The molecular formula is C46H75N3O31S. The third kappa shape index (κ3) is 16.9. The first kappa shape index (κ1) is 67.0. The highest BCUT2D eigenvalue weighted by Gasteiger charge is 2.57. The fourth-order valence-electron chi connectivity index (χ4n) is 9.77. The standard InChI is InChI=1S/C46H75N3O31S/c1-16(55)48-26-37(78-45-33(66)38(71-15-25(58)59)28(61)18(11-51)74-45)27(60)17(10-50)72-42(26)79-40-30(63)20(13-53)75-46(35(40)68)77-36-21(14-54)76-44(32(65)31(36)64)80-39-29(62)19(12-52)73-43(34(39)67)70-7-4-2-3-6-47-23(56)5-8-81-22-9-24(57)49-41(22)69/h17-22,26-40,42-46,50-54,60-68H,2-15H2,1H3,(H,47,56)(H,48,55)(H,58,59)(H,49,57,69)/t17?,18?,19?,20?,21?,22?,26?,27-,28-,29-,30-,31?,32?,33?,34?,35?,36-,37?,38?,39?,40?,42-,43+,44-,45-,46+/m0/s1. The predicted octanol–water partition coefficient (Wildman–Crippen LogP) is -10.8. The van der Waals surface area contributed by atoms with Crippen LogP contribution < -0.4 is 16.0 Å². The number of amides is 4. The Labute approximate surface area is 465 Å². The molecule has 0 aliphatic carbocycles. The second-order valence-electron chi connectivity index (χ2n) is 19.8. The molecule has 4 amide bonds. The van der Waals surface area contributed by atoms with Gasteiger partial charge < -0.3 is 139 Å². The highest BCUT2D eigenvalue weighted by atomic mass is 32.2. The SMILES string of the molecule is CC(=O)NC1C(O[C@@H]2OC(CO)[C@H](O)C(OCC(=O)O)C2O)[C@@H](O)C(CO)O[C@H]1OC1C(O)[C@@H](O[C@H]2C(CO)O[C@@H](OC3C(O)[C@H](OCCCCCNC(=O)CCSC4CC(=O)NC4=O)OC(CO)[C@@H]3O)C(O)C2O)OC(CO)[C@@H]1O. The minimum absolute atomic E-state index is 0.0304. The van der Waals surface area contributed by atoms with Crippen LogP contribution in [0.4, 0.5) is 0 Å². The quantitative estimate of drug-likeness (QED) is 0.0255. The van der Waals surface area contributed by atoms with Gasteiger partial charge in [0, 0.05) is 38.7 Å². The van der Waals surface area contributed by atoms with Gasteiger partial charge in [0.15, 0.2) is 31.5 Å². The molecule has 6 fully saturated rings. The largest absolute Gasteiger partial charge is 0.480 e. The first-order valence-corrected chi connectivity index (χ1v) is 27.1. The minimum Gasteiger partial charge on any atom is -0.480 e. The molecule has 34 nitrogen and oxygen atoms in total. The van der Waals surface area contributed by atoms with Crippen LogP contribution in [-0.4, -0.2) is 323 Å². The van der Waals surface area contributed by atoms with Gasteiger partial charge in [-0.05, 0) is 19.3 Å². The number of aliphatic hydroxyl groups is 14. The number of aliphatic carboxylic acids is 1. The number of unbranched alkanes of at least 4 members (excludes halogenated alkanes) is 2. The van der Waals surface area contributed by atoms with Crippen LogP contribution in [0.3, 0.4) is 0 Å². The molecule has 81 heavy (non-hydrogen) atoms. The molecule has 0 radical (unpaired) electrons. The number of hydrogen-bond donors (Lipinski definition) is 18. The van der Waals surface area contributed by atoms with E-state index >= 15 is 0 Å². The molecule has 0 spiro atoms. The summed E-state index contributed by atoms with van der Waals surface area (Å²) in [6.07, 6.45) is -43.3. The van der Waals surface area contributed by atoms with Crippen molar-refractivity contribution in [3.63, 3.8) is 0 Å². The lowest BCUT2D eigenvalue weighted by Gasteiger charge is -2.50. The molecule has 6 aliphatic rings. The lowest BCUT2D eigenvalue weighted by molar-refractivity contribution is -0.389. The van der Waals surface area contributed by atoms with Crippen molar-refractivity contribution >= 4 is 41.4 Å². The number of rotatable bonds is 28. The Bertz CT molecular complexity index is 2020. The molecule has 0 aromatic carbocycles. The van der Waals surface area contributed by atoms with E-state index in [9.17, 15) is 95.5 Å². The summed E-state index contributed by atoms with van der Waals surface area (Å²) in [7, 11) is 0. The molecule has 0 saturated carbocycles. The predicted molar refractivity (Wildman–Crippen MR) is 259 cm³/mol. The Morgan fingerprint density at radius 1 is 0.556 bits per heavy atom. The van der Waals surface area contributed by atoms with Gasteiger partial charge in [0.2, 0.25) is 23.6 Å². The number of ether oxygens (including phenoxy) is 11. The fourth-order valence-corrected chi connectivity index (χ4v) is 10.8. The fraction of sp³-hybridized carbons (Fsp3) is 0.891. The molecule has 6 saturated heterocycles. The lowest BCUT2D eigenvalue weighted by atomic mass is 9.94. The van der Waals surface area contributed by atoms with Crippen LogP contribution in [0.2, 0.25) is 0 Å². The van der Waals surface area contributed by atoms with Crippen molar-refractivity contribution in [1.29, 1.82) is 0 Å². The highest BCUT2D eigenvalue weighted by Crippen LogP contribution is 2.36. The molecule has 35 heteroatoms. The number of carbonyl (C=O) groups excluding carboxylic acids is 4. The van der Waals surface area contributed by atoms with Gasteiger partial charge in [0.05, 0.1) is 38.3 Å². The first-order chi connectivity index (χ1) is 38.6. The molecule has 6 heterocycles. The van der Waals surface area contributed by atoms with Crippen molar-refractivity contribution in [2.45, 2.75) is 198 Å². The number of thioether (sulfide) groups is 1. The molecule has 16 unspecified atom stereocenters. The maximum atomic E-state index is 12.7. The van der Waals surface area contributed by atoms with E-state index in [1.807, 2.05) is 0 Å². The van der Waals surface area contributed by atoms with Gasteiger partial charge in [-0.15, -0.1) is 11.8 Å². The summed E-state index contributed by atoms with van der Waals surface area (Å²) >= 11 is 1.21. The van der Waals surface area contributed by atoms with Crippen molar-refractivity contribution in [3.8, 4) is 0 Å². The van der Waals surface area contributed by atoms with Crippen LogP contribution in [0, 0.1) is 0 Å². The summed E-state index contributed by atoms with van der Waals surface area (Å²) in [6, 6.07) is -1.75. The molecule has 0 aromatic heterocycles. The van der Waals surface area contributed by atoms with Crippen molar-refractivity contribution in [2.75, 3.05) is 58.5 Å². The highest BCUT2D eigenvalue weighted by molar-refractivity contribution is 8.00. The zero-order valence-corrected chi connectivity index (χ0v) is 44.4. The van der Waals surface area contributed by atoms with Crippen molar-refractivity contribution < 1.29 is 153 Å². The summed E-state index contributed by atoms with van der Waals surface area (Å²) in [5.41, 5.74) is 0. The van der Waals surface area contributed by atoms with Gasteiger partial charge in [-0.2, -0.15) is 0 Å². The molecule has 466 valence electrons. The van der Waals surface area contributed by atoms with Crippen LogP contribution in [0.25, 0.3) is 0 Å². The topological polar surface area (TPSA) is 526 Å². The van der Waals surface area contributed by atoms with Crippen molar-refractivity contribution in [2.24, 2.45) is 0 Å². The van der Waals surface area contributed by atoms with Gasteiger partial charge in [0.1, 0.15) is 129 Å². The average Bonchev–Trinajstić information content (AvgIpc) is 3.90. The van der Waals surface area contributed by atoms with Crippen molar-refractivity contribution in [1.82, 2.24) is 16.0 Å². The van der Waals surface area contributed by atoms with Gasteiger partial charge in [0.25, 0.3) is 0 Å². The number of carbonyl (C=O) groups is 5. The summed E-state index contributed by atoms with van der Waals surface area (Å²) in [6.45, 7) is -4.53. The molecule has 26 atom stereocenters. The number of hydrogen-bond acceptors (Lipinski definition) is 31.